The van der Waals surface area contributed by atoms with E-state index >= 15 is 0 Å². The third kappa shape index (κ3) is 6.67. The van der Waals surface area contributed by atoms with Gasteiger partial charge in [0.1, 0.15) is 0 Å². The summed E-state index contributed by atoms with van der Waals surface area (Å²) in [6.07, 6.45) is 19.0. The zero-order valence-electron chi connectivity index (χ0n) is 18.3. The van der Waals surface area contributed by atoms with Crippen LogP contribution in [0.4, 0.5) is 0 Å². The Morgan fingerprint density at radius 1 is 0.742 bits per heavy atom. The summed E-state index contributed by atoms with van der Waals surface area (Å²) in [6, 6.07) is 22.5. The Hall–Kier alpha value is -0.651. The van der Waals surface area contributed by atoms with Gasteiger partial charge in [-0.3, -0.25) is 0 Å². The van der Waals surface area contributed by atoms with Gasteiger partial charge in [-0.1, -0.05) is 60.7 Å². The van der Waals surface area contributed by atoms with Crippen LogP contribution in [0, 0.1) is 62.7 Å². The molecule has 0 spiro atoms. The SMILES string of the molecule is CN(C)[C@H](CC[C]1[CH][CH][CH][CH]1)[C]1[CH][CH][CH][C]1CP(c1ccccc1)c1ccccc1.[Fe+2]. The molecule has 31 heavy (non-hydrogen) atoms. The van der Waals surface area contributed by atoms with Crippen molar-refractivity contribution in [3.05, 3.63) is 123 Å². The van der Waals surface area contributed by atoms with Gasteiger partial charge in [0.15, 0.2) is 0 Å². The monoisotopic (exact) mass is 467 g/mol. The van der Waals surface area contributed by atoms with Gasteiger partial charge in [0.2, 0.25) is 0 Å². The fourth-order valence-electron chi connectivity index (χ4n) is 4.23. The Balaban J connectivity index is 0.00000272. The minimum absolute atomic E-state index is 0. The fourth-order valence-corrected chi connectivity index (χ4v) is 6.59. The molecule has 0 amide bonds. The first-order valence-electron chi connectivity index (χ1n) is 10.7. The number of rotatable bonds is 9. The molecule has 0 aliphatic heterocycles. The summed E-state index contributed by atoms with van der Waals surface area (Å²) in [6.45, 7) is 0. The smallest absolute Gasteiger partial charge is 0.306 e. The van der Waals surface area contributed by atoms with Gasteiger partial charge >= 0.3 is 17.1 Å². The van der Waals surface area contributed by atoms with Crippen molar-refractivity contribution < 1.29 is 17.1 Å². The Labute approximate surface area is 202 Å². The first-order chi connectivity index (χ1) is 14.7. The van der Waals surface area contributed by atoms with Crippen molar-refractivity contribution in [3.63, 3.8) is 0 Å². The molecule has 158 valence electrons. The summed E-state index contributed by atoms with van der Waals surface area (Å²) < 4.78 is 0. The van der Waals surface area contributed by atoms with E-state index in [1.807, 2.05) is 0 Å². The topological polar surface area (TPSA) is 3.24 Å². The van der Waals surface area contributed by atoms with E-state index in [9.17, 15) is 0 Å². The van der Waals surface area contributed by atoms with Gasteiger partial charge in [0.05, 0.1) is 0 Å². The van der Waals surface area contributed by atoms with Gasteiger partial charge in [-0.2, -0.15) is 0 Å². The molecule has 0 N–H and O–H groups in total. The molecule has 2 aliphatic rings. The molecule has 3 heteroatoms. The van der Waals surface area contributed by atoms with Crippen LogP contribution < -0.4 is 10.6 Å². The Morgan fingerprint density at radius 2 is 1.32 bits per heavy atom. The third-order valence-corrected chi connectivity index (χ3v) is 8.33. The zero-order valence-corrected chi connectivity index (χ0v) is 20.3. The van der Waals surface area contributed by atoms with Crippen LogP contribution in [-0.4, -0.2) is 31.2 Å². The van der Waals surface area contributed by atoms with E-state index in [1.54, 1.807) is 0 Å². The molecule has 2 aromatic rings. The van der Waals surface area contributed by atoms with E-state index in [-0.39, 0.29) is 17.1 Å². The largest absolute Gasteiger partial charge is 2.00 e. The van der Waals surface area contributed by atoms with Crippen molar-refractivity contribution in [3.8, 4) is 0 Å². The molecular formula is C28H30FeNP+2. The van der Waals surface area contributed by atoms with Gasteiger partial charge in [0, 0.05) is 12.0 Å². The van der Waals surface area contributed by atoms with Crippen LogP contribution in [0.3, 0.4) is 0 Å². The predicted molar refractivity (Wildman–Crippen MR) is 130 cm³/mol. The minimum atomic E-state index is -0.426. The van der Waals surface area contributed by atoms with Crippen LogP contribution in [0.2, 0.25) is 0 Å². The Morgan fingerprint density at radius 3 is 1.87 bits per heavy atom. The number of nitrogens with zero attached hydrogens (tertiary/aromatic N) is 1. The van der Waals surface area contributed by atoms with Gasteiger partial charge in [-0.15, -0.1) is 0 Å². The van der Waals surface area contributed by atoms with Gasteiger partial charge in [0.25, 0.3) is 0 Å². The standard InChI is InChI=1S/C28H30NP.Fe/c1-29(2)28(21-20-23-12-9-10-13-23)27-19-11-14-24(27)22-30(25-15-5-3-6-16-25)26-17-7-4-8-18-26;/h3-19,28H,20-22H2,1-2H3;/q;+2/t28-;/m1./s1. The van der Waals surface area contributed by atoms with Crippen LogP contribution in [-0.2, 0) is 17.1 Å². The second-order valence-electron chi connectivity index (χ2n) is 8.07. The van der Waals surface area contributed by atoms with E-state index in [0.717, 1.165) is 19.0 Å². The maximum atomic E-state index is 2.38. The molecule has 1 atom stereocenters. The van der Waals surface area contributed by atoms with Crippen LogP contribution in [0.25, 0.3) is 0 Å². The summed E-state index contributed by atoms with van der Waals surface area (Å²) >= 11 is 0. The molecule has 2 saturated carbocycles. The number of hydrogen-bond acceptors (Lipinski definition) is 1. The zero-order chi connectivity index (χ0) is 20.8. The van der Waals surface area contributed by atoms with Crippen molar-refractivity contribution in [1.82, 2.24) is 4.90 Å². The number of benzene rings is 2. The van der Waals surface area contributed by atoms with Crippen LogP contribution in [0.5, 0.6) is 0 Å². The number of hydrogen-bond donors (Lipinski definition) is 0. The summed E-state index contributed by atoms with van der Waals surface area (Å²) in [4.78, 5) is 2.38. The molecule has 0 saturated heterocycles. The van der Waals surface area contributed by atoms with E-state index in [0.29, 0.717) is 6.04 Å². The third-order valence-electron chi connectivity index (χ3n) is 5.83. The van der Waals surface area contributed by atoms with Crippen molar-refractivity contribution in [2.75, 3.05) is 20.3 Å². The fraction of sp³-hybridized carbons (Fsp3) is 0.214. The van der Waals surface area contributed by atoms with Gasteiger partial charge in [-0.25, -0.2) is 0 Å². The second kappa shape index (κ2) is 12.6. The molecule has 2 aromatic carbocycles. The van der Waals surface area contributed by atoms with Crippen LogP contribution in [0.1, 0.15) is 12.8 Å². The molecule has 10 radical (unpaired) electrons. The van der Waals surface area contributed by atoms with Crippen molar-refractivity contribution >= 4 is 18.5 Å². The van der Waals surface area contributed by atoms with E-state index in [4.69, 9.17) is 0 Å². The molecule has 0 bridgehead atoms. The maximum absolute atomic E-state index is 2.38. The van der Waals surface area contributed by atoms with Gasteiger partial charge in [-0.05, 0) is 108 Å². The molecule has 0 heterocycles. The minimum Gasteiger partial charge on any atom is -0.306 e. The molecule has 1 nitrogen and oxygen atoms in total. The summed E-state index contributed by atoms with van der Waals surface area (Å²) in [5, 5.41) is 2.90. The first kappa shape index (κ1) is 25.0. The summed E-state index contributed by atoms with van der Waals surface area (Å²) in [7, 11) is 4.00. The summed E-state index contributed by atoms with van der Waals surface area (Å²) in [5.74, 6) is 4.42. The molecule has 0 unspecified atom stereocenters. The van der Waals surface area contributed by atoms with E-state index < -0.39 is 7.92 Å². The van der Waals surface area contributed by atoms with Crippen molar-refractivity contribution in [2.24, 2.45) is 0 Å². The second-order valence-corrected chi connectivity index (χ2v) is 10.3. The average Bonchev–Trinajstić information content (AvgIpc) is 3.46. The Bertz CT molecular complexity index is 705. The predicted octanol–water partition coefficient (Wildman–Crippen LogP) is 5.01. The molecule has 4 rings (SSSR count). The van der Waals surface area contributed by atoms with E-state index in [2.05, 4.69) is 125 Å². The normalized spacial score (nSPS) is 19.2. The van der Waals surface area contributed by atoms with E-state index in [1.165, 1.54) is 28.4 Å². The Kier molecular flexibility index (Phi) is 10.1. The van der Waals surface area contributed by atoms with Gasteiger partial charge < -0.3 is 4.90 Å². The first-order valence-corrected chi connectivity index (χ1v) is 12.2. The molecule has 0 aromatic heterocycles. The maximum Gasteiger partial charge on any atom is 2.00 e. The average molecular weight is 467 g/mol. The summed E-state index contributed by atoms with van der Waals surface area (Å²) in [5.41, 5.74) is 0. The van der Waals surface area contributed by atoms with Crippen LogP contribution in [0.15, 0.2) is 60.7 Å². The molecule has 2 fully saturated rings. The molecular weight excluding hydrogens is 437 g/mol. The van der Waals surface area contributed by atoms with Crippen molar-refractivity contribution in [1.29, 1.82) is 0 Å². The quantitative estimate of drug-likeness (QED) is 0.370. The molecule has 2 aliphatic carbocycles. The van der Waals surface area contributed by atoms with Crippen LogP contribution >= 0.6 is 7.92 Å². The van der Waals surface area contributed by atoms with Crippen molar-refractivity contribution in [2.45, 2.75) is 18.9 Å².